The van der Waals surface area contributed by atoms with Crippen molar-refractivity contribution in [2.45, 2.75) is 227 Å². The molecule has 4 aliphatic rings. The van der Waals surface area contributed by atoms with Crippen molar-refractivity contribution in [1.82, 2.24) is 0 Å². The third kappa shape index (κ3) is 21.7. The van der Waals surface area contributed by atoms with Gasteiger partial charge in [0.05, 0.1) is 43.5 Å². The number of unbranched alkanes of at least 4 members (excludes halogenated alkanes) is 12. The fraction of sp³-hybridized carbons (Fsp3) is 0.906. The van der Waals surface area contributed by atoms with Crippen molar-refractivity contribution < 1.29 is 52.8 Å². The first-order chi connectivity index (χ1) is 31.0. The summed E-state index contributed by atoms with van der Waals surface area (Å²) in [6.07, 6.45) is 28.1. The van der Waals surface area contributed by atoms with Gasteiger partial charge < -0.3 is 28.8 Å². The zero-order valence-corrected chi connectivity index (χ0v) is 41.1. The van der Waals surface area contributed by atoms with E-state index in [2.05, 4.69) is 27.7 Å². The molecule has 64 heavy (non-hydrogen) atoms. The van der Waals surface area contributed by atoms with Crippen LogP contribution in [0.3, 0.4) is 0 Å². The smallest absolute Gasteiger partial charge is 0.308 e. The number of aliphatic hydroxyl groups excluding tert-OH is 1. The van der Waals surface area contributed by atoms with Crippen LogP contribution in [0, 0.1) is 40.4 Å². The number of carbonyl (C=O) groups excluding carboxylic acids is 5. The lowest BCUT2D eigenvalue weighted by atomic mass is 9.49. The number of hydrogen-bond acceptors (Lipinski definition) is 11. The topological polar surface area (TPSA) is 152 Å². The van der Waals surface area contributed by atoms with E-state index in [9.17, 15) is 29.1 Å². The normalized spacial score (nSPS) is 21.7. The van der Waals surface area contributed by atoms with E-state index in [0.29, 0.717) is 75.9 Å². The average molecular weight is 905 g/mol. The molecule has 1 N–H and O–H groups in total. The highest BCUT2D eigenvalue weighted by Gasteiger charge is 2.52. The molecule has 0 heterocycles. The van der Waals surface area contributed by atoms with Gasteiger partial charge in [-0.3, -0.25) is 24.0 Å². The van der Waals surface area contributed by atoms with Crippen molar-refractivity contribution >= 4 is 29.8 Å². The Morgan fingerprint density at radius 2 is 0.859 bits per heavy atom. The zero-order valence-electron chi connectivity index (χ0n) is 41.1. The van der Waals surface area contributed by atoms with Crippen LogP contribution in [-0.2, 0) is 47.7 Å². The van der Waals surface area contributed by atoms with Crippen molar-refractivity contribution in [1.29, 1.82) is 0 Å². The first kappa shape index (κ1) is 55.6. The summed E-state index contributed by atoms with van der Waals surface area (Å²) in [7, 11) is 0. The maximum Gasteiger partial charge on any atom is 0.308 e. The Balaban J connectivity index is 1.44. The van der Waals surface area contributed by atoms with Crippen LogP contribution in [0.25, 0.3) is 0 Å². The van der Waals surface area contributed by atoms with Crippen molar-refractivity contribution in [3.63, 3.8) is 0 Å². The van der Waals surface area contributed by atoms with Crippen LogP contribution < -0.4 is 0 Å². The molecule has 0 aromatic heterocycles. The van der Waals surface area contributed by atoms with E-state index in [1.54, 1.807) is 0 Å². The Kier molecular flexibility index (Phi) is 27.9. The summed E-state index contributed by atoms with van der Waals surface area (Å²) in [5.74, 6) is 0.540. The molecule has 0 saturated heterocycles. The Hall–Kier alpha value is -2.69. The Labute approximate surface area is 388 Å². The molecule has 0 aromatic rings. The molecule has 2 atom stereocenters. The minimum absolute atomic E-state index is 0.0146. The molecule has 2 unspecified atom stereocenters. The number of aliphatic hydroxyl groups is 1. The molecule has 0 spiro atoms. The van der Waals surface area contributed by atoms with E-state index < -0.39 is 24.0 Å². The third-order valence-electron chi connectivity index (χ3n) is 14.5. The van der Waals surface area contributed by atoms with Crippen LogP contribution in [0.4, 0.5) is 0 Å². The second-order valence-corrected chi connectivity index (χ2v) is 20.6. The SMILES string of the molecule is CCCCCCC(CCCC)C(=O)OCCCCCC(=O)OCC(CO)(COC(=O)CCCCCOC(=O)C(CCCC)CCCCCC)COC(=O)CC12CC3CC(CC(C3)C1)C2. The second-order valence-electron chi connectivity index (χ2n) is 20.6. The molecule has 4 saturated carbocycles. The first-order valence-electron chi connectivity index (χ1n) is 26.4. The van der Waals surface area contributed by atoms with Crippen molar-refractivity contribution in [2.24, 2.45) is 40.4 Å². The van der Waals surface area contributed by atoms with Gasteiger partial charge in [-0.15, -0.1) is 0 Å². The lowest BCUT2D eigenvalue weighted by molar-refractivity contribution is -0.168. The van der Waals surface area contributed by atoms with E-state index in [0.717, 1.165) is 109 Å². The quantitative estimate of drug-likeness (QED) is 0.0356. The highest BCUT2D eigenvalue weighted by molar-refractivity contribution is 5.73. The molecule has 11 heteroatoms. The van der Waals surface area contributed by atoms with Gasteiger partial charge in [-0.25, -0.2) is 0 Å². The molecule has 0 aromatic carbocycles. The predicted octanol–water partition coefficient (Wildman–Crippen LogP) is 12.0. The zero-order chi connectivity index (χ0) is 46.5. The van der Waals surface area contributed by atoms with Crippen LogP contribution in [0.5, 0.6) is 0 Å². The van der Waals surface area contributed by atoms with Gasteiger partial charge in [0.1, 0.15) is 19.8 Å². The summed E-state index contributed by atoms with van der Waals surface area (Å²) >= 11 is 0. The maximum absolute atomic E-state index is 13.4. The third-order valence-corrected chi connectivity index (χ3v) is 14.5. The van der Waals surface area contributed by atoms with Gasteiger partial charge in [0.2, 0.25) is 0 Å². The van der Waals surface area contributed by atoms with E-state index in [1.807, 2.05) is 0 Å². The molecule has 4 aliphatic carbocycles. The van der Waals surface area contributed by atoms with Crippen LogP contribution >= 0.6 is 0 Å². The summed E-state index contributed by atoms with van der Waals surface area (Å²) in [4.78, 5) is 65.0. The molecule has 0 aliphatic heterocycles. The Morgan fingerprint density at radius 1 is 0.484 bits per heavy atom. The van der Waals surface area contributed by atoms with Gasteiger partial charge in [0, 0.05) is 12.8 Å². The number of esters is 5. The monoisotopic (exact) mass is 905 g/mol. The number of carbonyl (C=O) groups is 5. The molecule has 4 rings (SSSR count). The maximum atomic E-state index is 13.4. The fourth-order valence-corrected chi connectivity index (χ4v) is 10.9. The number of hydrogen-bond donors (Lipinski definition) is 1. The standard InChI is InChI=1S/C53H92O11/c1-5-9-13-17-25-45(23-11-7-3)50(58)60-29-21-15-19-27-47(55)62-39-53(38-54,41-64-49(57)37-52-34-42-31-43(35-52)33-44(32-42)36-52)40-63-48(56)28-20-16-22-30-61-51(59)46(24-12-8-4)26-18-14-10-6-2/h42-46,54H,5-41H2,1-4H3. The molecule has 370 valence electrons. The number of ether oxygens (including phenoxy) is 5. The van der Waals surface area contributed by atoms with E-state index >= 15 is 0 Å². The summed E-state index contributed by atoms with van der Waals surface area (Å²) in [5.41, 5.74) is -1.32. The first-order valence-corrected chi connectivity index (χ1v) is 26.4. The lowest BCUT2D eigenvalue weighted by Gasteiger charge is -2.56. The van der Waals surface area contributed by atoms with Crippen LogP contribution in [-0.4, -0.2) is 74.6 Å². The average Bonchev–Trinajstić information content (AvgIpc) is 3.27. The molecular weight excluding hydrogens is 813 g/mol. The molecule has 4 fully saturated rings. The van der Waals surface area contributed by atoms with Crippen LogP contribution in [0.1, 0.15) is 227 Å². The molecular formula is C53H92O11. The predicted molar refractivity (Wildman–Crippen MR) is 250 cm³/mol. The Bertz CT molecular complexity index is 1230. The van der Waals surface area contributed by atoms with Gasteiger partial charge in [-0.2, -0.15) is 0 Å². The summed E-state index contributed by atoms with van der Waals surface area (Å²) in [6.45, 7) is 8.00. The highest BCUT2D eigenvalue weighted by atomic mass is 16.6. The minimum Gasteiger partial charge on any atom is -0.465 e. The lowest BCUT2D eigenvalue weighted by Crippen LogP contribution is -2.47. The molecule has 4 bridgehead atoms. The van der Waals surface area contributed by atoms with E-state index in [-0.39, 0.29) is 67.8 Å². The van der Waals surface area contributed by atoms with Gasteiger partial charge in [0.15, 0.2) is 0 Å². The summed E-state index contributed by atoms with van der Waals surface area (Å²) in [6, 6.07) is 0. The van der Waals surface area contributed by atoms with Crippen LogP contribution in [0.2, 0.25) is 0 Å². The van der Waals surface area contributed by atoms with Gasteiger partial charge >= 0.3 is 29.8 Å². The van der Waals surface area contributed by atoms with Crippen LogP contribution in [0.15, 0.2) is 0 Å². The van der Waals surface area contributed by atoms with Gasteiger partial charge in [0.25, 0.3) is 0 Å². The largest absolute Gasteiger partial charge is 0.465 e. The Morgan fingerprint density at radius 3 is 1.25 bits per heavy atom. The fourth-order valence-electron chi connectivity index (χ4n) is 10.9. The summed E-state index contributed by atoms with van der Waals surface area (Å²) in [5, 5.41) is 10.7. The van der Waals surface area contributed by atoms with Gasteiger partial charge in [-0.05, 0) is 126 Å². The van der Waals surface area contributed by atoms with E-state index in [1.165, 1.54) is 32.1 Å². The molecule has 11 nitrogen and oxygen atoms in total. The molecule has 0 radical (unpaired) electrons. The van der Waals surface area contributed by atoms with E-state index in [4.69, 9.17) is 23.7 Å². The second kappa shape index (κ2) is 32.1. The van der Waals surface area contributed by atoms with Crippen molar-refractivity contribution in [3.05, 3.63) is 0 Å². The minimum atomic E-state index is -1.30. The molecule has 0 amide bonds. The van der Waals surface area contributed by atoms with Crippen molar-refractivity contribution in [3.8, 4) is 0 Å². The van der Waals surface area contributed by atoms with Gasteiger partial charge in [-0.1, -0.05) is 105 Å². The van der Waals surface area contributed by atoms with Crippen molar-refractivity contribution in [2.75, 3.05) is 39.6 Å². The number of rotatable bonds is 39. The highest BCUT2D eigenvalue weighted by Crippen LogP contribution is 2.61. The summed E-state index contributed by atoms with van der Waals surface area (Å²) < 4.78 is 28.5.